The molecule has 0 spiro atoms. The van der Waals surface area contributed by atoms with Gasteiger partial charge in [0.05, 0.1) is 5.56 Å². The Kier molecular flexibility index (Phi) is 4.75. The third-order valence-electron chi connectivity index (χ3n) is 3.07. The Balaban J connectivity index is 2.00. The number of carboxylic acid groups (broad SMARTS) is 1. The fourth-order valence-corrected chi connectivity index (χ4v) is 2.08. The minimum Gasteiger partial charge on any atom is -0.478 e. The molecule has 0 atom stereocenters. The summed E-state index contributed by atoms with van der Waals surface area (Å²) < 4.78 is 0.961. The molecule has 2 rings (SSSR count). The monoisotopic (exact) mass is 347 g/mol. The van der Waals surface area contributed by atoms with Crippen molar-refractivity contribution in [2.75, 3.05) is 0 Å². The van der Waals surface area contributed by atoms with Crippen molar-refractivity contribution in [3.05, 3.63) is 69.2 Å². The van der Waals surface area contributed by atoms with Crippen LogP contribution in [0.5, 0.6) is 0 Å². The van der Waals surface area contributed by atoms with Crippen LogP contribution in [-0.4, -0.2) is 17.0 Å². The molecule has 0 saturated carbocycles. The van der Waals surface area contributed by atoms with Gasteiger partial charge in [-0.15, -0.1) is 0 Å². The number of benzene rings is 2. The van der Waals surface area contributed by atoms with Gasteiger partial charge >= 0.3 is 5.97 Å². The van der Waals surface area contributed by atoms with Crippen LogP contribution in [-0.2, 0) is 6.54 Å². The van der Waals surface area contributed by atoms with Crippen LogP contribution in [0.3, 0.4) is 0 Å². The number of hydrogen-bond acceptors (Lipinski definition) is 2. The minimum absolute atomic E-state index is 0.159. The van der Waals surface area contributed by atoms with Crippen molar-refractivity contribution < 1.29 is 14.7 Å². The summed E-state index contributed by atoms with van der Waals surface area (Å²) in [4.78, 5) is 22.8. The zero-order chi connectivity index (χ0) is 15.4. The van der Waals surface area contributed by atoms with Crippen LogP contribution in [0.1, 0.15) is 31.8 Å². The van der Waals surface area contributed by atoms with E-state index in [-0.39, 0.29) is 11.5 Å². The summed E-state index contributed by atoms with van der Waals surface area (Å²) in [6.07, 6.45) is 0. The van der Waals surface area contributed by atoms with Crippen LogP contribution < -0.4 is 5.32 Å². The number of aryl methyl sites for hydroxylation is 1. The van der Waals surface area contributed by atoms with E-state index >= 15 is 0 Å². The predicted octanol–water partition coefficient (Wildman–Crippen LogP) is 3.39. The molecule has 4 nitrogen and oxygen atoms in total. The molecule has 0 aromatic heterocycles. The molecule has 0 aliphatic rings. The lowest BCUT2D eigenvalue weighted by Gasteiger charge is -2.07. The number of amides is 1. The number of carbonyl (C=O) groups is 2. The number of hydrogen-bond donors (Lipinski definition) is 2. The highest BCUT2D eigenvalue weighted by Crippen LogP contribution is 2.17. The normalized spacial score (nSPS) is 10.2. The molecule has 0 aliphatic heterocycles. The molecule has 21 heavy (non-hydrogen) atoms. The van der Waals surface area contributed by atoms with E-state index in [4.69, 9.17) is 5.11 Å². The smallest absolute Gasteiger partial charge is 0.335 e. The van der Waals surface area contributed by atoms with Crippen LogP contribution in [0.4, 0.5) is 0 Å². The van der Waals surface area contributed by atoms with Crippen molar-refractivity contribution in [3.8, 4) is 0 Å². The second-order valence-electron chi connectivity index (χ2n) is 4.65. The molecule has 0 heterocycles. The van der Waals surface area contributed by atoms with Gasteiger partial charge in [-0.25, -0.2) is 4.79 Å². The summed E-state index contributed by atoms with van der Waals surface area (Å²) in [6, 6.07) is 11.8. The first-order valence-electron chi connectivity index (χ1n) is 6.34. The standard InChI is InChI=1S/C16H14BrNO3/c1-10-8-13(6-7-14(10)17)15(19)18-9-11-2-4-12(5-3-11)16(20)21/h2-8H,9H2,1H3,(H,18,19)(H,20,21). The molecule has 2 aromatic rings. The minimum atomic E-state index is -0.962. The fraction of sp³-hybridized carbons (Fsp3) is 0.125. The zero-order valence-electron chi connectivity index (χ0n) is 11.4. The van der Waals surface area contributed by atoms with E-state index in [0.717, 1.165) is 15.6 Å². The van der Waals surface area contributed by atoms with Gasteiger partial charge in [0.25, 0.3) is 5.91 Å². The topological polar surface area (TPSA) is 66.4 Å². The number of carbonyl (C=O) groups excluding carboxylic acids is 1. The van der Waals surface area contributed by atoms with Gasteiger partial charge in [-0.05, 0) is 48.4 Å². The van der Waals surface area contributed by atoms with E-state index in [1.807, 2.05) is 19.1 Å². The second kappa shape index (κ2) is 6.54. The van der Waals surface area contributed by atoms with Crippen LogP contribution in [0.15, 0.2) is 46.9 Å². The molecular weight excluding hydrogens is 334 g/mol. The molecule has 1 amide bonds. The van der Waals surface area contributed by atoms with Crippen LogP contribution in [0, 0.1) is 6.92 Å². The third-order valence-corrected chi connectivity index (χ3v) is 3.96. The van der Waals surface area contributed by atoms with E-state index in [1.54, 1.807) is 18.2 Å². The highest BCUT2D eigenvalue weighted by molar-refractivity contribution is 9.10. The summed E-state index contributed by atoms with van der Waals surface area (Å²) in [5, 5.41) is 11.6. The summed E-state index contributed by atoms with van der Waals surface area (Å²) in [6.45, 7) is 2.28. The largest absolute Gasteiger partial charge is 0.478 e. The Bertz CT molecular complexity index is 680. The first-order chi connectivity index (χ1) is 9.97. The summed E-state index contributed by atoms with van der Waals surface area (Å²) in [7, 11) is 0. The van der Waals surface area contributed by atoms with E-state index < -0.39 is 5.97 Å². The molecule has 2 N–H and O–H groups in total. The maximum absolute atomic E-state index is 12.0. The van der Waals surface area contributed by atoms with Crippen molar-refractivity contribution in [2.45, 2.75) is 13.5 Å². The van der Waals surface area contributed by atoms with Crippen molar-refractivity contribution in [3.63, 3.8) is 0 Å². The first kappa shape index (κ1) is 15.3. The van der Waals surface area contributed by atoms with E-state index in [1.165, 1.54) is 12.1 Å². The highest BCUT2D eigenvalue weighted by Gasteiger charge is 2.07. The Morgan fingerprint density at radius 3 is 2.29 bits per heavy atom. The molecular formula is C16H14BrNO3. The molecule has 108 valence electrons. The maximum Gasteiger partial charge on any atom is 0.335 e. The average Bonchev–Trinajstić information content (AvgIpc) is 2.48. The van der Waals surface area contributed by atoms with Crippen molar-refractivity contribution >= 4 is 27.8 Å². The molecule has 0 fully saturated rings. The molecule has 2 aromatic carbocycles. The zero-order valence-corrected chi connectivity index (χ0v) is 13.0. The van der Waals surface area contributed by atoms with Gasteiger partial charge in [-0.3, -0.25) is 4.79 Å². The molecule has 5 heteroatoms. The van der Waals surface area contributed by atoms with Crippen LogP contribution in [0.25, 0.3) is 0 Å². The number of carboxylic acids is 1. The van der Waals surface area contributed by atoms with E-state index in [2.05, 4.69) is 21.2 Å². The van der Waals surface area contributed by atoms with Gasteiger partial charge in [0.2, 0.25) is 0 Å². The Labute approximate surface area is 130 Å². The second-order valence-corrected chi connectivity index (χ2v) is 5.50. The lowest BCUT2D eigenvalue weighted by molar-refractivity contribution is 0.0696. The third kappa shape index (κ3) is 3.92. The number of aromatic carboxylic acids is 1. The first-order valence-corrected chi connectivity index (χ1v) is 7.13. The molecule has 0 aliphatic carbocycles. The quantitative estimate of drug-likeness (QED) is 0.890. The van der Waals surface area contributed by atoms with Crippen molar-refractivity contribution in [1.82, 2.24) is 5.32 Å². The number of nitrogens with one attached hydrogen (secondary N) is 1. The van der Waals surface area contributed by atoms with Gasteiger partial charge in [-0.1, -0.05) is 28.1 Å². The van der Waals surface area contributed by atoms with Crippen LogP contribution >= 0.6 is 15.9 Å². The molecule has 0 unspecified atom stereocenters. The van der Waals surface area contributed by atoms with Gasteiger partial charge < -0.3 is 10.4 Å². The maximum atomic E-state index is 12.0. The number of rotatable bonds is 4. The fourth-order valence-electron chi connectivity index (χ4n) is 1.84. The van der Waals surface area contributed by atoms with Gasteiger partial charge in [0.15, 0.2) is 0 Å². The SMILES string of the molecule is Cc1cc(C(=O)NCc2ccc(C(=O)O)cc2)ccc1Br. The molecule has 0 radical (unpaired) electrons. The summed E-state index contributed by atoms with van der Waals surface area (Å²) >= 11 is 3.39. The van der Waals surface area contributed by atoms with Crippen LogP contribution in [0.2, 0.25) is 0 Å². The van der Waals surface area contributed by atoms with Gasteiger partial charge in [-0.2, -0.15) is 0 Å². The predicted molar refractivity (Wildman–Crippen MR) is 83.5 cm³/mol. The van der Waals surface area contributed by atoms with Crippen molar-refractivity contribution in [1.29, 1.82) is 0 Å². The van der Waals surface area contributed by atoms with E-state index in [9.17, 15) is 9.59 Å². The Hall–Kier alpha value is -2.14. The lowest BCUT2D eigenvalue weighted by Crippen LogP contribution is -2.22. The Morgan fingerprint density at radius 1 is 1.10 bits per heavy atom. The highest BCUT2D eigenvalue weighted by atomic mass is 79.9. The van der Waals surface area contributed by atoms with E-state index in [0.29, 0.717) is 12.1 Å². The Morgan fingerprint density at radius 2 is 1.71 bits per heavy atom. The van der Waals surface area contributed by atoms with Crippen molar-refractivity contribution in [2.24, 2.45) is 0 Å². The molecule has 0 saturated heterocycles. The number of halogens is 1. The lowest BCUT2D eigenvalue weighted by atomic mass is 10.1. The van der Waals surface area contributed by atoms with Gasteiger partial charge in [0.1, 0.15) is 0 Å². The molecule has 0 bridgehead atoms. The summed E-state index contributed by atoms with van der Waals surface area (Å²) in [5.41, 5.74) is 2.67. The average molecular weight is 348 g/mol. The van der Waals surface area contributed by atoms with Gasteiger partial charge in [0, 0.05) is 16.6 Å². The summed E-state index contributed by atoms with van der Waals surface area (Å²) in [5.74, 6) is -1.12.